The fourth-order valence-corrected chi connectivity index (χ4v) is 3.05. The number of rotatable bonds is 7. The molecule has 0 aliphatic heterocycles. The summed E-state index contributed by atoms with van der Waals surface area (Å²) < 4.78 is 0. The van der Waals surface area contributed by atoms with Gasteiger partial charge in [-0.05, 0) is 71.9 Å². The van der Waals surface area contributed by atoms with Gasteiger partial charge in [0.05, 0.1) is 5.60 Å². The fraction of sp³-hybridized carbons (Fsp3) is 0.765. The highest BCUT2D eigenvalue weighted by molar-refractivity contribution is 5.24. The number of hydrogen-bond acceptors (Lipinski definition) is 2. The summed E-state index contributed by atoms with van der Waals surface area (Å²) >= 11 is 0. The van der Waals surface area contributed by atoms with Gasteiger partial charge >= 0.3 is 0 Å². The van der Waals surface area contributed by atoms with E-state index in [2.05, 4.69) is 31.3 Å². The Bertz CT molecular complexity index is 336. The molecule has 0 aromatic rings. The van der Waals surface area contributed by atoms with Gasteiger partial charge in [-0.1, -0.05) is 30.2 Å². The smallest absolute Gasteiger partial charge is 0.0594 e. The molecule has 0 radical (unpaired) electrons. The largest absolute Gasteiger partial charge is 0.390 e. The van der Waals surface area contributed by atoms with Gasteiger partial charge in [0.25, 0.3) is 0 Å². The van der Waals surface area contributed by atoms with E-state index in [0.717, 1.165) is 19.4 Å². The third kappa shape index (κ3) is 6.40. The zero-order valence-corrected chi connectivity index (χ0v) is 13.3. The summed E-state index contributed by atoms with van der Waals surface area (Å²) in [6, 6.07) is 0. The number of aliphatic hydroxyl groups is 1. The second-order valence-corrected chi connectivity index (χ2v) is 6.83. The summed E-state index contributed by atoms with van der Waals surface area (Å²) in [5.74, 6) is 1.15. The zero-order valence-electron chi connectivity index (χ0n) is 13.3. The van der Waals surface area contributed by atoms with Crippen LogP contribution in [0.3, 0.4) is 0 Å². The van der Waals surface area contributed by atoms with Crippen LogP contribution in [0.25, 0.3) is 0 Å². The van der Waals surface area contributed by atoms with Crippen LogP contribution in [0, 0.1) is 11.8 Å². The van der Waals surface area contributed by atoms with Gasteiger partial charge in [0, 0.05) is 0 Å². The molecule has 0 heterocycles. The van der Waals surface area contributed by atoms with E-state index in [1.807, 2.05) is 20.9 Å². The molecule has 2 atom stereocenters. The van der Waals surface area contributed by atoms with Crippen molar-refractivity contribution in [1.29, 1.82) is 0 Å². The topological polar surface area (TPSA) is 32.3 Å². The van der Waals surface area contributed by atoms with Crippen molar-refractivity contribution in [3.63, 3.8) is 0 Å². The quantitative estimate of drug-likeness (QED) is 0.736. The minimum absolute atomic E-state index is 0.535. The molecule has 2 heteroatoms. The third-order valence-electron chi connectivity index (χ3n) is 3.99. The van der Waals surface area contributed by atoms with Gasteiger partial charge in [-0.15, -0.1) is 0 Å². The van der Waals surface area contributed by atoms with Crippen LogP contribution in [0.4, 0.5) is 0 Å². The molecule has 2 N–H and O–H groups in total. The highest BCUT2D eigenvalue weighted by atomic mass is 16.3. The van der Waals surface area contributed by atoms with Crippen LogP contribution in [0.15, 0.2) is 23.3 Å². The molecule has 0 amide bonds. The van der Waals surface area contributed by atoms with Crippen molar-refractivity contribution < 1.29 is 5.11 Å². The van der Waals surface area contributed by atoms with E-state index < -0.39 is 5.60 Å². The van der Waals surface area contributed by atoms with Crippen LogP contribution in [0.1, 0.15) is 53.4 Å². The average Bonchev–Trinajstić information content (AvgIpc) is 2.27. The monoisotopic (exact) mass is 265 g/mol. The Hall–Kier alpha value is -0.600. The molecule has 0 saturated carbocycles. The molecule has 1 rings (SSSR count). The van der Waals surface area contributed by atoms with Gasteiger partial charge < -0.3 is 10.4 Å². The Kier molecular flexibility index (Phi) is 6.28. The van der Waals surface area contributed by atoms with Crippen molar-refractivity contribution in [3.8, 4) is 0 Å². The Labute approximate surface area is 119 Å². The predicted molar refractivity (Wildman–Crippen MR) is 83.2 cm³/mol. The molecule has 110 valence electrons. The number of hydrogen-bond donors (Lipinski definition) is 2. The first-order valence-corrected chi connectivity index (χ1v) is 7.55. The lowest BCUT2D eigenvalue weighted by atomic mass is 9.81. The molecule has 2 nitrogen and oxygen atoms in total. The van der Waals surface area contributed by atoms with Crippen molar-refractivity contribution in [2.24, 2.45) is 11.8 Å². The van der Waals surface area contributed by atoms with Crippen LogP contribution < -0.4 is 5.32 Å². The SMILES string of the molecule is CNCC(C[C@H](C)C1=CC=C(C)CC1)CC(C)(C)O. The van der Waals surface area contributed by atoms with Crippen LogP contribution >= 0.6 is 0 Å². The normalized spacial score (nSPS) is 19.7. The van der Waals surface area contributed by atoms with Crippen molar-refractivity contribution in [1.82, 2.24) is 5.32 Å². The highest BCUT2D eigenvalue weighted by Crippen LogP contribution is 2.30. The standard InChI is InChI=1S/C17H31NO/c1-13-6-8-16(9-7-13)14(2)10-15(12-18-5)11-17(3,4)19/h6,8,14-15,18-19H,7,9-12H2,1-5H3/t14-,15?/m0/s1. The van der Waals surface area contributed by atoms with E-state index in [1.165, 1.54) is 18.4 Å². The van der Waals surface area contributed by atoms with E-state index in [9.17, 15) is 5.11 Å². The second kappa shape index (κ2) is 7.25. The van der Waals surface area contributed by atoms with E-state index in [1.54, 1.807) is 5.57 Å². The maximum atomic E-state index is 10.0. The molecule has 0 saturated heterocycles. The Morgan fingerprint density at radius 1 is 1.32 bits per heavy atom. The van der Waals surface area contributed by atoms with Crippen LogP contribution in [-0.2, 0) is 0 Å². The molecular weight excluding hydrogens is 234 g/mol. The predicted octanol–water partition coefficient (Wildman–Crippen LogP) is 3.68. The second-order valence-electron chi connectivity index (χ2n) is 6.83. The summed E-state index contributed by atoms with van der Waals surface area (Å²) in [7, 11) is 1.99. The molecule has 1 unspecified atom stereocenters. The summed E-state index contributed by atoms with van der Waals surface area (Å²) in [5.41, 5.74) is 2.49. The molecule has 19 heavy (non-hydrogen) atoms. The Morgan fingerprint density at radius 2 is 2.00 bits per heavy atom. The highest BCUT2D eigenvalue weighted by Gasteiger charge is 2.23. The van der Waals surface area contributed by atoms with Gasteiger partial charge in [0.2, 0.25) is 0 Å². The summed E-state index contributed by atoms with van der Waals surface area (Å²) in [6.45, 7) is 9.33. The lowest BCUT2D eigenvalue weighted by molar-refractivity contribution is 0.0494. The van der Waals surface area contributed by atoms with Crippen LogP contribution in [-0.4, -0.2) is 24.3 Å². The lowest BCUT2D eigenvalue weighted by Gasteiger charge is -2.28. The summed E-state index contributed by atoms with van der Waals surface area (Å²) in [4.78, 5) is 0. The molecule has 0 aromatic carbocycles. The molecule has 0 bridgehead atoms. The van der Waals surface area contributed by atoms with Gasteiger partial charge in [0.15, 0.2) is 0 Å². The fourth-order valence-electron chi connectivity index (χ4n) is 3.05. The average molecular weight is 265 g/mol. The van der Waals surface area contributed by atoms with Crippen molar-refractivity contribution in [2.75, 3.05) is 13.6 Å². The molecule has 0 spiro atoms. The van der Waals surface area contributed by atoms with Crippen molar-refractivity contribution in [3.05, 3.63) is 23.3 Å². The number of nitrogens with one attached hydrogen (secondary N) is 1. The molecule has 0 fully saturated rings. The Balaban J connectivity index is 2.58. The number of allylic oxidation sites excluding steroid dienone is 4. The molecule has 1 aliphatic carbocycles. The van der Waals surface area contributed by atoms with E-state index in [-0.39, 0.29) is 0 Å². The molecule has 1 aliphatic rings. The van der Waals surface area contributed by atoms with E-state index in [4.69, 9.17) is 0 Å². The molecule has 0 aromatic heterocycles. The van der Waals surface area contributed by atoms with Crippen LogP contribution in [0.2, 0.25) is 0 Å². The minimum atomic E-state index is -0.571. The van der Waals surface area contributed by atoms with Crippen molar-refractivity contribution >= 4 is 0 Å². The third-order valence-corrected chi connectivity index (χ3v) is 3.99. The van der Waals surface area contributed by atoms with E-state index in [0.29, 0.717) is 11.8 Å². The van der Waals surface area contributed by atoms with Gasteiger partial charge in [-0.25, -0.2) is 0 Å². The van der Waals surface area contributed by atoms with Crippen molar-refractivity contribution in [2.45, 2.75) is 59.0 Å². The first kappa shape index (κ1) is 16.5. The maximum Gasteiger partial charge on any atom is 0.0594 e. The maximum absolute atomic E-state index is 10.0. The van der Waals surface area contributed by atoms with Gasteiger partial charge in [-0.3, -0.25) is 0 Å². The molecular formula is C17H31NO. The lowest BCUT2D eigenvalue weighted by Crippen LogP contribution is -2.30. The summed E-state index contributed by atoms with van der Waals surface area (Å²) in [6.07, 6.45) is 9.00. The zero-order chi connectivity index (χ0) is 14.5. The minimum Gasteiger partial charge on any atom is -0.390 e. The Morgan fingerprint density at radius 3 is 2.47 bits per heavy atom. The van der Waals surface area contributed by atoms with Gasteiger partial charge in [0.1, 0.15) is 0 Å². The van der Waals surface area contributed by atoms with E-state index >= 15 is 0 Å². The first-order valence-electron chi connectivity index (χ1n) is 7.55. The van der Waals surface area contributed by atoms with Gasteiger partial charge in [-0.2, -0.15) is 0 Å². The van der Waals surface area contributed by atoms with Crippen LogP contribution in [0.5, 0.6) is 0 Å². The summed E-state index contributed by atoms with van der Waals surface area (Å²) in [5, 5.41) is 13.3. The first-order chi connectivity index (χ1) is 8.81.